The Balaban J connectivity index is 2.42. The largest absolute Gasteiger partial charge is 0.489 e. The molecule has 0 bridgehead atoms. The van der Waals surface area contributed by atoms with Crippen LogP contribution in [0.3, 0.4) is 0 Å². The highest BCUT2D eigenvalue weighted by Gasteiger charge is 2.03. The molecular weight excluding hydrogens is 231 g/mol. The average Bonchev–Trinajstić information content (AvgIpc) is 2.37. The second-order valence-electron chi connectivity index (χ2n) is 3.97. The summed E-state index contributed by atoms with van der Waals surface area (Å²) in [6.45, 7) is 7.91. The summed E-state index contributed by atoms with van der Waals surface area (Å²) in [6.07, 6.45) is 1.06. The predicted octanol–water partition coefficient (Wildman–Crippen LogP) is 2.63. The first kappa shape index (κ1) is 14.2. The fraction of sp³-hybridized carbons (Fsp3) is 0.357. The van der Waals surface area contributed by atoms with Gasteiger partial charge in [0.2, 0.25) is 0 Å². The van der Waals surface area contributed by atoms with Crippen molar-refractivity contribution in [2.75, 3.05) is 19.7 Å². The Morgan fingerprint density at radius 3 is 2.94 bits per heavy atom. The van der Waals surface area contributed by atoms with E-state index in [1.165, 1.54) is 12.1 Å². The molecule has 0 radical (unpaired) electrons. The van der Waals surface area contributed by atoms with Crippen LogP contribution in [0.25, 0.3) is 0 Å². The summed E-state index contributed by atoms with van der Waals surface area (Å²) in [5.74, 6) is -0.159. The smallest absolute Gasteiger partial charge is 0.144 e. The summed E-state index contributed by atoms with van der Waals surface area (Å²) in [4.78, 5) is 0. The topological polar surface area (TPSA) is 45.0 Å². The van der Waals surface area contributed by atoms with E-state index in [2.05, 4.69) is 18.8 Å². The van der Waals surface area contributed by atoms with E-state index < -0.39 is 5.82 Å². The molecule has 0 saturated carbocycles. The number of hydrogen-bond donors (Lipinski definition) is 1. The highest BCUT2D eigenvalue weighted by Crippen LogP contribution is 2.16. The third kappa shape index (κ3) is 4.56. The molecule has 0 aliphatic rings. The minimum atomic E-state index is -0.565. The molecule has 1 aromatic carbocycles. The van der Waals surface area contributed by atoms with Gasteiger partial charge in [-0.3, -0.25) is 0 Å². The van der Waals surface area contributed by atoms with Gasteiger partial charge in [0.1, 0.15) is 24.2 Å². The first-order valence-corrected chi connectivity index (χ1v) is 5.87. The monoisotopic (exact) mass is 248 g/mol. The second-order valence-corrected chi connectivity index (χ2v) is 3.97. The average molecular weight is 248 g/mol. The lowest BCUT2D eigenvalue weighted by atomic mass is 10.2. The van der Waals surface area contributed by atoms with Gasteiger partial charge in [0.25, 0.3) is 0 Å². The van der Waals surface area contributed by atoms with Crippen molar-refractivity contribution < 1.29 is 9.13 Å². The van der Waals surface area contributed by atoms with Crippen LogP contribution >= 0.6 is 0 Å². The minimum Gasteiger partial charge on any atom is -0.489 e. The molecule has 0 aliphatic carbocycles. The maximum Gasteiger partial charge on any atom is 0.144 e. The van der Waals surface area contributed by atoms with Gasteiger partial charge in [-0.05, 0) is 30.7 Å². The molecule has 1 N–H and O–H groups in total. The normalized spacial score (nSPS) is 9.83. The molecule has 1 rings (SSSR count). The van der Waals surface area contributed by atoms with Gasteiger partial charge in [-0.2, -0.15) is 5.26 Å². The molecule has 4 heteroatoms. The van der Waals surface area contributed by atoms with E-state index in [0.29, 0.717) is 18.9 Å². The van der Waals surface area contributed by atoms with Crippen LogP contribution in [0.2, 0.25) is 0 Å². The van der Waals surface area contributed by atoms with Gasteiger partial charge in [-0.1, -0.05) is 13.5 Å². The number of benzene rings is 1. The zero-order chi connectivity index (χ0) is 13.4. The van der Waals surface area contributed by atoms with Crippen LogP contribution in [0.4, 0.5) is 4.39 Å². The number of halogens is 1. The summed E-state index contributed by atoms with van der Waals surface area (Å²) >= 11 is 0. The second kappa shape index (κ2) is 7.46. The molecule has 0 fully saturated rings. The Morgan fingerprint density at radius 1 is 1.56 bits per heavy atom. The zero-order valence-corrected chi connectivity index (χ0v) is 10.5. The fourth-order valence-corrected chi connectivity index (χ4v) is 1.35. The van der Waals surface area contributed by atoms with Crippen molar-refractivity contribution in [2.45, 2.75) is 13.3 Å². The van der Waals surface area contributed by atoms with E-state index in [-0.39, 0.29) is 5.56 Å². The number of hydrogen-bond acceptors (Lipinski definition) is 3. The van der Waals surface area contributed by atoms with Crippen molar-refractivity contribution in [3.63, 3.8) is 0 Å². The van der Waals surface area contributed by atoms with Gasteiger partial charge in [0.05, 0.1) is 5.56 Å². The van der Waals surface area contributed by atoms with E-state index in [0.717, 1.165) is 18.5 Å². The van der Waals surface area contributed by atoms with Crippen LogP contribution in [-0.2, 0) is 0 Å². The maximum absolute atomic E-state index is 13.3. The molecule has 1 aromatic rings. The van der Waals surface area contributed by atoms with Gasteiger partial charge >= 0.3 is 0 Å². The van der Waals surface area contributed by atoms with Gasteiger partial charge in [0, 0.05) is 12.6 Å². The highest BCUT2D eigenvalue weighted by molar-refractivity contribution is 5.36. The SMILES string of the molecule is C=C(CNCCC)COc1ccc(C#N)c(F)c1. The number of nitrogens with one attached hydrogen (secondary N) is 1. The van der Waals surface area contributed by atoms with Crippen molar-refractivity contribution in [1.29, 1.82) is 5.26 Å². The van der Waals surface area contributed by atoms with Gasteiger partial charge < -0.3 is 10.1 Å². The number of nitrogens with zero attached hydrogens (tertiary/aromatic N) is 1. The molecule has 0 aromatic heterocycles. The molecule has 0 heterocycles. The minimum absolute atomic E-state index is 0.0192. The van der Waals surface area contributed by atoms with E-state index in [4.69, 9.17) is 10.00 Å². The Bertz CT molecular complexity index is 452. The third-order valence-corrected chi connectivity index (χ3v) is 2.31. The molecule has 0 saturated heterocycles. The molecule has 18 heavy (non-hydrogen) atoms. The Hall–Kier alpha value is -1.86. The van der Waals surface area contributed by atoms with Crippen molar-refractivity contribution >= 4 is 0 Å². The molecule has 3 nitrogen and oxygen atoms in total. The molecular formula is C14H17FN2O. The van der Waals surface area contributed by atoms with E-state index in [1.54, 1.807) is 12.1 Å². The Kier molecular flexibility index (Phi) is 5.89. The van der Waals surface area contributed by atoms with Crippen molar-refractivity contribution in [3.05, 3.63) is 41.7 Å². The molecule has 0 aliphatic heterocycles. The highest BCUT2D eigenvalue weighted by atomic mass is 19.1. The lowest BCUT2D eigenvalue weighted by Crippen LogP contribution is -2.20. The summed E-state index contributed by atoms with van der Waals surface area (Å²) in [7, 11) is 0. The number of ether oxygens (including phenoxy) is 1. The van der Waals surface area contributed by atoms with Crippen molar-refractivity contribution in [2.24, 2.45) is 0 Å². The first-order chi connectivity index (χ1) is 8.67. The van der Waals surface area contributed by atoms with Crippen LogP contribution in [0.15, 0.2) is 30.4 Å². The predicted molar refractivity (Wildman–Crippen MR) is 68.9 cm³/mol. The van der Waals surface area contributed by atoms with E-state index in [9.17, 15) is 4.39 Å². The summed E-state index contributed by atoms with van der Waals surface area (Å²) < 4.78 is 18.7. The Labute approximate surface area is 107 Å². The van der Waals surface area contributed by atoms with E-state index >= 15 is 0 Å². The van der Waals surface area contributed by atoms with Gasteiger partial charge in [0.15, 0.2) is 0 Å². The quantitative estimate of drug-likeness (QED) is 0.596. The molecule has 0 unspecified atom stereocenters. The van der Waals surface area contributed by atoms with Crippen LogP contribution in [-0.4, -0.2) is 19.7 Å². The lowest BCUT2D eigenvalue weighted by Gasteiger charge is -2.09. The van der Waals surface area contributed by atoms with Crippen molar-refractivity contribution in [1.82, 2.24) is 5.32 Å². The van der Waals surface area contributed by atoms with Crippen LogP contribution in [0.1, 0.15) is 18.9 Å². The molecule has 0 atom stereocenters. The summed E-state index contributed by atoms with van der Waals surface area (Å²) in [6, 6.07) is 5.96. The van der Waals surface area contributed by atoms with Crippen LogP contribution in [0, 0.1) is 17.1 Å². The molecule has 96 valence electrons. The number of rotatable bonds is 7. The standard InChI is InChI=1S/C14H17FN2O/c1-3-6-17-9-11(2)10-18-13-5-4-12(8-16)14(15)7-13/h4-5,7,17H,2-3,6,9-10H2,1H3. The van der Waals surface area contributed by atoms with Crippen molar-refractivity contribution in [3.8, 4) is 11.8 Å². The fourth-order valence-electron chi connectivity index (χ4n) is 1.35. The van der Waals surface area contributed by atoms with E-state index in [1.807, 2.05) is 0 Å². The maximum atomic E-state index is 13.3. The summed E-state index contributed by atoms with van der Waals surface area (Å²) in [5.41, 5.74) is 0.916. The zero-order valence-electron chi connectivity index (χ0n) is 10.5. The van der Waals surface area contributed by atoms with Crippen LogP contribution < -0.4 is 10.1 Å². The third-order valence-electron chi connectivity index (χ3n) is 2.31. The number of nitriles is 1. The molecule has 0 amide bonds. The Morgan fingerprint density at radius 2 is 2.33 bits per heavy atom. The van der Waals surface area contributed by atoms with Gasteiger partial charge in [-0.25, -0.2) is 4.39 Å². The molecule has 0 spiro atoms. The first-order valence-electron chi connectivity index (χ1n) is 5.87. The summed E-state index contributed by atoms with van der Waals surface area (Å²) in [5, 5.41) is 11.8. The van der Waals surface area contributed by atoms with Crippen LogP contribution in [0.5, 0.6) is 5.75 Å². The lowest BCUT2D eigenvalue weighted by molar-refractivity contribution is 0.346. The van der Waals surface area contributed by atoms with Gasteiger partial charge in [-0.15, -0.1) is 0 Å².